The van der Waals surface area contributed by atoms with E-state index in [1.165, 1.54) is 0 Å². The molecule has 6 aromatic rings. The molecule has 0 N–H and O–H groups in total. The number of hydrogen-bond acceptors (Lipinski definition) is 2. The van der Waals surface area contributed by atoms with Gasteiger partial charge in [0.15, 0.2) is 0 Å². The monoisotopic (exact) mass is 599 g/mol. The van der Waals surface area contributed by atoms with Gasteiger partial charge in [0.1, 0.15) is 0 Å². The first kappa shape index (κ1) is 26.7. The number of aromatic nitrogens is 4. The van der Waals surface area contributed by atoms with Crippen LogP contribution in [0, 0.1) is 0 Å². The maximum absolute atomic E-state index is 5.23. The molecular weight excluding hydrogens is 576 g/mol. The SMILES string of the molecule is C1=Cc2nc1cc1ccc([n-]1)c(-c1ccccc1)c1nc(c(-c3ccccc3)c3ccc([n-]3)c2-c2ccccc2)C=C1.[Cu+2]. The van der Waals surface area contributed by atoms with Crippen molar-refractivity contribution in [3.8, 4) is 33.4 Å². The van der Waals surface area contributed by atoms with Crippen LogP contribution in [-0.2, 0) is 17.1 Å². The van der Waals surface area contributed by atoms with Crippen molar-refractivity contribution in [2.24, 2.45) is 0 Å². The predicted octanol–water partition coefficient (Wildman–Crippen LogP) is 8.91. The second kappa shape index (κ2) is 11.2. The Hall–Kier alpha value is -5.22. The Morgan fingerprint density at radius 2 is 0.814 bits per heavy atom. The second-order valence-electron chi connectivity index (χ2n) is 10.3. The summed E-state index contributed by atoms with van der Waals surface area (Å²) in [6.07, 6.45) is 8.29. The third-order valence-corrected chi connectivity index (χ3v) is 7.62. The molecule has 1 radical (unpaired) electrons. The van der Waals surface area contributed by atoms with Crippen molar-refractivity contribution in [1.29, 1.82) is 0 Å². The van der Waals surface area contributed by atoms with Gasteiger partial charge in [0.25, 0.3) is 0 Å². The molecule has 0 aliphatic carbocycles. The Morgan fingerprint density at radius 3 is 1.33 bits per heavy atom. The summed E-state index contributed by atoms with van der Waals surface area (Å²) in [7, 11) is 0. The quantitative estimate of drug-likeness (QED) is 0.190. The molecule has 2 aliphatic heterocycles. The third kappa shape index (κ3) is 4.95. The molecule has 0 saturated heterocycles. The zero-order valence-electron chi connectivity index (χ0n) is 22.9. The fourth-order valence-electron chi connectivity index (χ4n) is 5.72. The van der Waals surface area contributed by atoms with Crippen molar-refractivity contribution in [2.45, 2.75) is 0 Å². The Morgan fingerprint density at radius 1 is 0.395 bits per heavy atom. The van der Waals surface area contributed by atoms with Gasteiger partial charge in [0, 0.05) is 0 Å². The van der Waals surface area contributed by atoms with Crippen molar-refractivity contribution in [3.05, 3.63) is 144 Å². The van der Waals surface area contributed by atoms with Crippen LogP contribution in [0.4, 0.5) is 0 Å². The predicted molar refractivity (Wildman–Crippen MR) is 173 cm³/mol. The van der Waals surface area contributed by atoms with Crippen LogP contribution in [0.15, 0.2) is 121 Å². The van der Waals surface area contributed by atoms with Gasteiger partial charge in [-0.05, 0) is 57.7 Å². The van der Waals surface area contributed by atoms with Crippen LogP contribution in [0.25, 0.3) is 79.8 Å². The summed E-state index contributed by atoms with van der Waals surface area (Å²) in [5, 5.41) is 0. The summed E-state index contributed by atoms with van der Waals surface area (Å²) >= 11 is 0. The molecule has 0 atom stereocenters. The van der Waals surface area contributed by atoms with Crippen molar-refractivity contribution in [2.75, 3.05) is 0 Å². The molecule has 43 heavy (non-hydrogen) atoms. The average molecular weight is 600 g/mol. The summed E-state index contributed by atoms with van der Waals surface area (Å²) in [6, 6.07) is 41.4. The van der Waals surface area contributed by atoms with E-state index >= 15 is 0 Å². The molecule has 0 fully saturated rings. The Balaban J connectivity index is 0.00000300. The van der Waals surface area contributed by atoms with Crippen LogP contribution < -0.4 is 9.97 Å². The number of fused-ring (bicyclic) bond motifs is 8. The molecule has 0 saturated carbocycles. The molecule has 0 unspecified atom stereocenters. The standard InChI is InChI=1S/C38H24N4.Cu/c1-4-10-25(11-5-1)36-30-18-16-28(39-30)24-29-17-19-31(40-29)37(26-12-6-2-7-13-26)33-21-23-35(42-33)38(27-14-8-3-9-15-27)34-22-20-32(36)41-34;/h1-24H;/q-2;+2. The minimum absolute atomic E-state index is 0. The van der Waals surface area contributed by atoms with E-state index in [-0.39, 0.29) is 17.1 Å². The van der Waals surface area contributed by atoms with E-state index in [1.807, 2.05) is 60.7 Å². The van der Waals surface area contributed by atoms with Crippen LogP contribution in [0.5, 0.6) is 0 Å². The molecule has 5 heterocycles. The maximum atomic E-state index is 5.23. The van der Waals surface area contributed by atoms with E-state index in [2.05, 4.69) is 85.0 Å². The van der Waals surface area contributed by atoms with Gasteiger partial charge < -0.3 is 9.97 Å². The summed E-state index contributed by atoms with van der Waals surface area (Å²) < 4.78 is 0. The number of hydrogen-bond donors (Lipinski definition) is 0. The largest absolute Gasteiger partial charge is 2.00 e. The van der Waals surface area contributed by atoms with Crippen LogP contribution in [0.1, 0.15) is 22.8 Å². The molecule has 3 aromatic carbocycles. The number of benzene rings is 3. The molecule has 5 heteroatoms. The molecule has 8 rings (SSSR count). The van der Waals surface area contributed by atoms with E-state index < -0.39 is 0 Å². The maximum Gasteiger partial charge on any atom is 2.00 e. The summed E-state index contributed by atoms with van der Waals surface area (Å²) in [5.41, 5.74) is 13.1. The number of nitrogens with zero attached hydrogens (tertiary/aromatic N) is 4. The van der Waals surface area contributed by atoms with Gasteiger partial charge in [-0.15, -0.1) is 22.1 Å². The van der Waals surface area contributed by atoms with E-state index in [4.69, 9.17) is 19.9 Å². The molecular formula is C38H24CuN4. The molecule has 3 aromatic heterocycles. The Bertz CT molecular complexity index is 2140. The molecule has 2 aliphatic rings. The van der Waals surface area contributed by atoms with Crippen molar-refractivity contribution in [1.82, 2.24) is 19.9 Å². The summed E-state index contributed by atoms with van der Waals surface area (Å²) in [6.45, 7) is 0. The zero-order valence-corrected chi connectivity index (χ0v) is 23.9. The van der Waals surface area contributed by atoms with Gasteiger partial charge in [0.05, 0.1) is 22.8 Å². The first-order valence-electron chi connectivity index (χ1n) is 14.0. The normalized spacial score (nSPS) is 11.8. The van der Waals surface area contributed by atoms with E-state index in [9.17, 15) is 0 Å². The summed E-state index contributed by atoms with van der Waals surface area (Å²) in [4.78, 5) is 20.5. The Labute approximate surface area is 260 Å². The first-order valence-corrected chi connectivity index (χ1v) is 14.0. The first-order chi connectivity index (χ1) is 20.8. The average Bonchev–Trinajstić information content (AvgIpc) is 3.86. The number of rotatable bonds is 3. The zero-order chi connectivity index (χ0) is 27.9. The van der Waals surface area contributed by atoms with Gasteiger partial charge in [-0.2, -0.15) is 0 Å². The van der Waals surface area contributed by atoms with Gasteiger partial charge in [0.2, 0.25) is 0 Å². The fraction of sp³-hybridized carbons (Fsp3) is 0. The van der Waals surface area contributed by atoms with Crippen LogP contribution in [-0.4, -0.2) is 9.97 Å². The second-order valence-corrected chi connectivity index (χ2v) is 10.3. The molecule has 0 spiro atoms. The summed E-state index contributed by atoms with van der Waals surface area (Å²) in [5.74, 6) is 0. The Kier molecular flexibility index (Phi) is 6.96. The van der Waals surface area contributed by atoms with Crippen LogP contribution >= 0.6 is 0 Å². The molecule has 0 amide bonds. The van der Waals surface area contributed by atoms with E-state index in [0.717, 1.165) is 78.2 Å². The minimum Gasteiger partial charge on any atom is -0.657 e. The fourth-order valence-corrected chi connectivity index (χ4v) is 5.72. The van der Waals surface area contributed by atoms with Crippen molar-refractivity contribution in [3.63, 3.8) is 0 Å². The van der Waals surface area contributed by atoms with Crippen LogP contribution in [0.2, 0.25) is 0 Å². The van der Waals surface area contributed by atoms with Crippen molar-refractivity contribution >= 4 is 46.4 Å². The smallest absolute Gasteiger partial charge is 0.657 e. The van der Waals surface area contributed by atoms with E-state index in [0.29, 0.717) is 0 Å². The van der Waals surface area contributed by atoms with Gasteiger partial charge in [-0.25, -0.2) is 9.97 Å². The van der Waals surface area contributed by atoms with Gasteiger partial charge in [-0.3, -0.25) is 0 Å². The van der Waals surface area contributed by atoms with Gasteiger partial charge in [-0.1, -0.05) is 121 Å². The van der Waals surface area contributed by atoms with Crippen molar-refractivity contribution < 1.29 is 17.1 Å². The topological polar surface area (TPSA) is 54.0 Å². The van der Waals surface area contributed by atoms with Gasteiger partial charge >= 0.3 is 17.1 Å². The van der Waals surface area contributed by atoms with Crippen LogP contribution in [0.3, 0.4) is 0 Å². The molecule has 8 bridgehead atoms. The third-order valence-electron chi connectivity index (χ3n) is 7.62. The minimum atomic E-state index is 0. The molecule has 207 valence electrons. The molecule has 4 nitrogen and oxygen atoms in total. The van der Waals surface area contributed by atoms with E-state index in [1.54, 1.807) is 0 Å².